The SMILES string of the molecule is COC(=O)/C=C/c1cccc(N(Cc2ccc(Br)c(F)c2)C(=O)C2CCCCC2)c1. The van der Waals surface area contributed by atoms with Crippen LogP contribution in [0.3, 0.4) is 0 Å². The molecule has 0 unspecified atom stereocenters. The molecule has 0 atom stereocenters. The number of halogens is 2. The number of carbonyl (C=O) groups is 2. The van der Waals surface area contributed by atoms with E-state index < -0.39 is 5.97 Å². The van der Waals surface area contributed by atoms with Gasteiger partial charge < -0.3 is 9.64 Å². The highest BCUT2D eigenvalue weighted by Gasteiger charge is 2.27. The van der Waals surface area contributed by atoms with Gasteiger partial charge in [0.1, 0.15) is 5.82 Å². The maximum atomic E-state index is 14.1. The van der Waals surface area contributed by atoms with Crippen molar-refractivity contribution < 1.29 is 18.7 Å². The summed E-state index contributed by atoms with van der Waals surface area (Å²) in [6.07, 6.45) is 8.03. The molecule has 4 nitrogen and oxygen atoms in total. The zero-order valence-electron chi connectivity index (χ0n) is 16.9. The highest BCUT2D eigenvalue weighted by Crippen LogP contribution is 2.30. The number of hydrogen-bond acceptors (Lipinski definition) is 3. The summed E-state index contributed by atoms with van der Waals surface area (Å²) in [4.78, 5) is 26.5. The van der Waals surface area contributed by atoms with Gasteiger partial charge in [-0.3, -0.25) is 4.79 Å². The van der Waals surface area contributed by atoms with Crippen molar-refractivity contribution in [3.8, 4) is 0 Å². The van der Waals surface area contributed by atoms with Crippen LogP contribution >= 0.6 is 15.9 Å². The molecule has 0 aliphatic heterocycles. The largest absolute Gasteiger partial charge is 0.466 e. The lowest BCUT2D eigenvalue weighted by atomic mass is 9.88. The fourth-order valence-corrected chi connectivity index (χ4v) is 3.96. The normalized spacial score (nSPS) is 14.6. The van der Waals surface area contributed by atoms with Gasteiger partial charge >= 0.3 is 5.97 Å². The van der Waals surface area contributed by atoms with Crippen molar-refractivity contribution in [1.29, 1.82) is 0 Å². The molecule has 1 fully saturated rings. The van der Waals surface area contributed by atoms with Crippen LogP contribution in [0, 0.1) is 11.7 Å². The molecule has 1 saturated carbocycles. The van der Waals surface area contributed by atoms with Gasteiger partial charge in [0, 0.05) is 17.7 Å². The lowest BCUT2D eigenvalue weighted by molar-refractivity contribution is -0.134. The smallest absolute Gasteiger partial charge is 0.330 e. The molecule has 3 rings (SSSR count). The van der Waals surface area contributed by atoms with Crippen molar-refractivity contribution in [2.24, 2.45) is 5.92 Å². The number of amides is 1. The second-order valence-corrected chi connectivity index (χ2v) is 8.31. The molecule has 30 heavy (non-hydrogen) atoms. The van der Waals surface area contributed by atoms with Crippen molar-refractivity contribution in [3.05, 3.63) is 70.0 Å². The van der Waals surface area contributed by atoms with Crippen LogP contribution in [0.5, 0.6) is 0 Å². The predicted molar refractivity (Wildman–Crippen MR) is 119 cm³/mol. The van der Waals surface area contributed by atoms with Crippen LogP contribution in [0.4, 0.5) is 10.1 Å². The Balaban J connectivity index is 1.92. The third-order valence-corrected chi connectivity index (χ3v) is 5.98. The maximum Gasteiger partial charge on any atom is 0.330 e. The summed E-state index contributed by atoms with van der Waals surface area (Å²) in [5.74, 6) is -0.756. The first-order valence-corrected chi connectivity index (χ1v) is 10.9. The van der Waals surface area contributed by atoms with E-state index in [-0.39, 0.29) is 24.2 Å². The van der Waals surface area contributed by atoms with Gasteiger partial charge in [0.15, 0.2) is 0 Å². The van der Waals surface area contributed by atoms with Gasteiger partial charge in [0.05, 0.1) is 18.1 Å². The molecule has 0 bridgehead atoms. The fourth-order valence-electron chi connectivity index (χ4n) is 3.72. The van der Waals surface area contributed by atoms with Gasteiger partial charge in [-0.05, 0) is 70.2 Å². The predicted octanol–water partition coefficient (Wildman–Crippen LogP) is 5.89. The summed E-state index contributed by atoms with van der Waals surface area (Å²) in [6.45, 7) is 0.281. The molecule has 0 aromatic heterocycles. The first kappa shape index (κ1) is 22.2. The number of ether oxygens (including phenoxy) is 1. The highest BCUT2D eigenvalue weighted by molar-refractivity contribution is 9.10. The minimum absolute atomic E-state index is 0.0201. The first-order chi connectivity index (χ1) is 14.5. The average Bonchev–Trinajstić information content (AvgIpc) is 2.78. The van der Waals surface area contributed by atoms with E-state index in [4.69, 9.17) is 0 Å². The third-order valence-electron chi connectivity index (χ3n) is 5.34. The van der Waals surface area contributed by atoms with Gasteiger partial charge in [-0.2, -0.15) is 0 Å². The van der Waals surface area contributed by atoms with Crippen LogP contribution in [0.1, 0.15) is 43.2 Å². The standard InChI is InChI=1S/C24H25BrFNO3/c1-30-23(28)13-11-17-6-5-9-20(14-17)27(24(29)19-7-3-2-4-8-19)16-18-10-12-21(25)22(26)15-18/h5-6,9-15,19H,2-4,7-8,16H2,1H3/b13-11+. The minimum atomic E-state index is -0.444. The monoisotopic (exact) mass is 473 g/mol. The molecular formula is C24H25BrFNO3. The number of nitrogens with zero attached hydrogens (tertiary/aromatic N) is 1. The molecule has 1 aliphatic carbocycles. The molecule has 0 heterocycles. The van der Waals surface area contributed by atoms with Gasteiger partial charge in [-0.1, -0.05) is 37.5 Å². The van der Waals surface area contributed by atoms with Crippen LogP contribution in [0.15, 0.2) is 53.0 Å². The summed E-state index contributed by atoms with van der Waals surface area (Å²) < 4.78 is 19.1. The Hall–Kier alpha value is -2.47. The maximum absolute atomic E-state index is 14.1. The van der Waals surface area contributed by atoms with Crippen LogP contribution in [0.2, 0.25) is 0 Å². The summed E-state index contributed by atoms with van der Waals surface area (Å²) in [5, 5.41) is 0. The Labute approximate surface area is 184 Å². The van der Waals surface area contributed by atoms with Crippen molar-refractivity contribution in [3.63, 3.8) is 0 Å². The zero-order valence-corrected chi connectivity index (χ0v) is 18.5. The summed E-state index contributed by atoms with van der Waals surface area (Å²) in [7, 11) is 1.32. The van der Waals surface area contributed by atoms with Gasteiger partial charge in [-0.15, -0.1) is 0 Å². The van der Waals surface area contributed by atoms with Gasteiger partial charge in [0.25, 0.3) is 0 Å². The van der Waals surface area contributed by atoms with Crippen LogP contribution < -0.4 is 4.90 Å². The Kier molecular flexibility index (Phi) is 7.80. The average molecular weight is 474 g/mol. The summed E-state index contributed by atoms with van der Waals surface area (Å²) in [6, 6.07) is 12.3. The van der Waals surface area contributed by atoms with E-state index in [1.165, 1.54) is 19.3 Å². The van der Waals surface area contributed by atoms with E-state index in [1.54, 1.807) is 17.0 Å². The Morgan fingerprint density at radius 1 is 1.17 bits per heavy atom. The van der Waals surface area contributed by atoms with E-state index in [1.807, 2.05) is 30.3 Å². The van der Waals surface area contributed by atoms with Crippen LogP contribution in [-0.2, 0) is 20.9 Å². The molecule has 6 heteroatoms. The first-order valence-electron chi connectivity index (χ1n) is 10.1. The topological polar surface area (TPSA) is 46.6 Å². The number of anilines is 1. The zero-order chi connectivity index (χ0) is 21.5. The van der Waals surface area contributed by atoms with Crippen LogP contribution in [0.25, 0.3) is 6.08 Å². The number of carbonyl (C=O) groups excluding carboxylic acids is 2. The molecule has 2 aromatic rings. The Morgan fingerprint density at radius 2 is 1.93 bits per heavy atom. The van der Waals surface area contributed by atoms with Crippen molar-refractivity contribution in [1.82, 2.24) is 0 Å². The number of hydrogen-bond donors (Lipinski definition) is 0. The highest BCUT2D eigenvalue weighted by atomic mass is 79.9. The van der Waals surface area contributed by atoms with E-state index in [0.29, 0.717) is 4.47 Å². The quantitative estimate of drug-likeness (QED) is 0.388. The Morgan fingerprint density at radius 3 is 2.63 bits per heavy atom. The lowest BCUT2D eigenvalue weighted by Gasteiger charge is -2.30. The molecule has 2 aromatic carbocycles. The lowest BCUT2D eigenvalue weighted by Crippen LogP contribution is -2.36. The minimum Gasteiger partial charge on any atom is -0.466 e. The number of benzene rings is 2. The molecule has 0 N–H and O–H groups in total. The third kappa shape index (κ3) is 5.79. The second-order valence-electron chi connectivity index (χ2n) is 7.46. The second kappa shape index (κ2) is 10.5. The van der Waals surface area contributed by atoms with E-state index >= 15 is 0 Å². The van der Waals surface area contributed by atoms with E-state index in [2.05, 4.69) is 20.7 Å². The number of esters is 1. The number of rotatable bonds is 6. The molecule has 1 amide bonds. The van der Waals surface area contributed by atoms with E-state index in [0.717, 1.165) is 48.9 Å². The van der Waals surface area contributed by atoms with Crippen molar-refractivity contribution in [2.45, 2.75) is 38.6 Å². The van der Waals surface area contributed by atoms with Crippen molar-refractivity contribution >= 4 is 39.6 Å². The summed E-state index contributed by atoms with van der Waals surface area (Å²) >= 11 is 3.18. The molecule has 0 radical (unpaired) electrons. The van der Waals surface area contributed by atoms with E-state index in [9.17, 15) is 14.0 Å². The Bertz CT molecular complexity index is 938. The molecule has 0 spiro atoms. The number of methoxy groups -OCH3 is 1. The molecule has 158 valence electrons. The van der Waals surface area contributed by atoms with Gasteiger partial charge in [-0.25, -0.2) is 9.18 Å². The summed E-state index contributed by atoms with van der Waals surface area (Å²) in [5.41, 5.74) is 2.22. The van der Waals surface area contributed by atoms with Gasteiger partial charge in [0.2, 0.25) is 5.91 Å². The molecular weight excluding hydrogens is 449 g/mol. The fraction of sp³-hybridized carbons (Fsp3) is 0.333. The van der Waals surface area contributed by atoms with Crippen molar-refractivity contribution in [2.75, 3.05) is 12.0 Å². The molecule has 0 saturated heterocycles. The van der Waals surface area contributed by atoms with Crippen LogP contribution in [-0.4, -0.2) is 19.0 Å². The molecule has 1 aliphatic rings.